The number of nitro benzene ring substituents is 1. The van der Waals surface area contributed by atoms with Gasteiger partial charge in [-0.25, -0.2) is 14.4 Å². The van der Waals surface area contributed by atoms with Crippen molar-refractivity contribution in [3.8, 4) is 0 Å². The molecule has 0 saturated heterocycles. The Morgan fingerprint density at radius 3 is 2.00 bits per heavy atom. The molecule has 2 aromatic carbocycles. The highest BCUT2D eigenvalue weighted by atomic mass is 16.6. The van der Waals surface area contributed by atoms with Crippen molar-refractivity contribution in [1.82, 2.24) is 5.32 Å². The number of anilines is 1. The lowest BCUT2D eigenvalue weighted by Crippen LogP contribution is -2.51. The number of hydrogen-bond acceptors (Lipinski definition) is 10. The van der Waals surface area contributed by atoms with Gasteiger partial charge in [0.1, 0.15) is 27.8 Å². The van der Waals surface area contributed by atoms with Crippen molar-refractivity contribution in [2.45, 2.75) is 19.4 Å². The van der Waals surface area contributed by atoms with E-state index in [1.54, 1.807) is 0 Å². The summed E-state index contributed by atoms with van der Waals surface area (Å²) in [5, 5.41) is 16.4. The molecule has 4 aromatic rings. The molecule has 194 valence electrons. The smallest absolute Gasteiger partial charge is 0.349 e. The Labute approximate surface area is 212 Å². The molecule has 2 heterocycles. The Bertz CT molecular complexity index is 1770. The summed E-state index contributed by atoms with van der Waals surface area (Å²) < 4.78 is 14.9. The summed E-state index contributed by atoms with van der Waals surface area (Å²) in [7, 11) is 1.15. The average Bonchev–Trinajstić information content (AvgIpc) is 2.86. The molecule has 0 radical (unpaired) electrons. The second-order valence-electron chi connectivity index (χ2n) is 8.65. The van der Waals surface area contributed by atoms with Gasteiger partial charge in [0.05, 0.1) is 12.0 Å². The predicted octanol–water partition coefficient (Wildman–Crippen LogP) is 2.74. The molecule has 0 saturated carbocycles. The van der Waals surface area contributed by atoms with E-state index in [9.17, 15) is 34.1 Å². The second-order valence-corrected chi connectivity index (χ2v) is 8.65. The molecule has 0 aliphatic heterocycles. The van der Waals surface area contributed by atoms with Gasteiger partial charge in [-0.05, 0) is 50.2 Å². The van der Waals surface area contributed by atoms with Crippen LogP contribution in [0.25, 0.3) is 21.9 Å². The van der Waals surface area contributed by atoms with Crippen LogP contribution < -0.4 is 21.9 Å². The summed E-state index contributed by atoms with van der Waals surface area (Å²) >= 11 is 0. The number of ether oxygens (including phenoxy) is 1. The summed E-state index contributed by atoms with van der Waals surface area (Å²) in [5.41, 5.74) is -4.02. The summed E-state index contributed by atoms with van der Waals surface area (Å²) in [6.07, 6.45) is 0. The molecule has 0 unspecified atom stereocenters. The maximum Gasteiger partial charge on any atom is 0.349 e. The van der Waals surface area contributed by atoms with Gasteiger partial charge in [-0.15, -0.1) is 0 Å². The third-order valence-corrected chi connectivity index (χ3v) is 5.53. The van der Waals surface area contributed by atoms with Crippen molar-refractivity contribution < 1.29 is 32.9 Å². The number of methoxy groups -OCH3 is 1. The van der Waals surface area contributed by atoms with E-state index in [1.165, 1.54) is 62.4 Å². The van der Waals surface area contributed by atoms with Crippen molar-refractivity contribution in [1.29, 1.82) is 0 Å². The minimum absolute atomic E-state index is 0.0686. The first-order valence-electron chi connectivity index (χ1n) is 10.9. The zero-order valence-electron chi connectivity index (χ0n) is 20.1. The number of nitro groups is 1. The topological polar surface area (TPSA) is 188 Å². The Morgan fingerprint density at radius 2 is 1.42 bits per heavy atom. The van der Waals surface area contributed by atoms with Crippen molar-refractivity contribution in [3.05, 3.63) is 90.6 Å². The van der Waals surface area contributed by atoms with Gasteiger partial charge in [0.2, 0.25) is 0 Å². The molecule has 4 rings (SSSR count). The van der Waals surface area contributed by atoms with E-state index in [4.69, 9.17) is 8.83 Å². The predicted molar refractivity (Wildman–Crippen MR) is 133 cm³/mol. The molecule has 2 N–H and O–H groups in total. The van der Waals surface area contributed by atoms with Gasteiger partial charge in [0.25, 0.3) is 17.5 Å². The molecule has 0 bridgehead atoms. The number of nitrogens with one attached hydrogen (secondary N) is 2. The largest absolute Gasteiger partial charge is 0.467 e. The van der Waals surface area contributed by atoms with E-state index in [-0.39, 0.29) is 33.3 Å². The van der Waals surface area contributed by atoms with E-state index >= 15 is 0 Å². The Kier molecular flexibility index (Phi) is 6.51. The van der Waals surface area contributed by atoms with Crippen LogP contribution in [0.5, 0.6) is 0 Å². The molecular weight excluding hydrogens is 502 g/mol. The van der Waals surface area contributed by atoms with Crippen LogP contribution in [0.4, 0.5) is 11.4 Å². The number of fused-ring (bicyclic) bond motifs is 2. The molecule has 13 nitrogen and oxygen atoms in total. The first kappa shape index (κ1) is 25.8. The van der Waals surface area contributed by atoms with Crippen LogP contribution in [-0.2, 0) is 9.53 Å². The maximum atomic E-state index is 12.8. The van der Waals surface area contributed by atoms with Crippen LogP contribution in [0.2, 0.25) is 0 Å². The molecule has 13 heteroatoms. The standard InChI is InChI=1S/C25H19N3O10/c1-25(2,24(33)36-3)27-21(30)17-10-12-8-14(4-6-18(12)37-23(17)32)26-20(29)16-11-13-9-15(28(34)35)5-7-19(13)38-22(16)31/h4-11H,1-3H3,(H,26,29)(H,27,30). The molecule has 0 atom stereocenters. The van der Waals surface area contributed by atoms with E-state index in [0.29, 0.717) is 0 Å². The SMILES string of the molecule is COC(=O)C(C)(C)NC(=O)c1cc2cc(NC(=O)c3cc4cc([N+](=O)[O-])ccc4oc3=O)ccc2oc1=O. The Hall–Kier alpha value is -5.33. The molecular formula is C25H19N3O10. The average molecular weight is 521 g/mol. The van der Waals surface area contributed by atoms with Crippen molar-refractivity contribution in [2.24, 2.45) is 0 Å². The fourth-order valence-corrected chi connectivity index (χ4v) is 3.60. The highest BCUT2D eigenvalue weighted by molar-refractivity contribution is 6.06. The van der Waals surface area contributed by atoms with Crippen molar-refractivity contribution in [2.75, 3.05) is 12.4 Å². The third-order valence-electron chi connectivity index (χ3n) is 5.53. The fourth-order valence-electron chi connectivity index (χ4n) is 3.60. The molecule has 0 fully saturated rings. The lowest BCUT2D eigenvalue weighted by molar-refractivity contribution is -0.384. The van der Waals surface area contributed by atoms with E-state index in [1.807, 2.05) is 0 Å². The minimum Gasteiger partial charge on any atom is -0.467 e. The minimum atomic E-state index is -1.43. The summed E-state index contributed by atoms with van der Waals surface area (Å²) in [4.78, 5) is 72.5. The summed E-state index contributed by atoms with van der Waals surface area (Å²) in [6, 6.07) is 10.2. The highest BCUT2D eigenvalue weighted by Crippen LogP contribution is 2.22. The number of benzene rings is 2. The molecule has 0 spiro atoms. The van der Waals surface area contributed by atoms with Gasteiger partial charge in [-0.2, -0.15) is 0 Å². The number of amides is 2. The lowest BCUT2D eigenvalue weighted by atomic mass is 10.0. The molecule has 38 heavy (non-hydrogen) atoms. The number of esters is 1. The van der Waals surface area contributed by atoms with Crippen LogP contribution in [0.15, 0.2) is 67.0 Å². The van der Waals surface area contributed by atoms with E-state index < -0.39 is 50.6 Å². The molecule has 0 aliphatic rings. The zero-order chi connectivity index (χ0) is 27.8. The summed E-state index contributed by atoms with van der Waals surface area (Å²) in [6.45, 7) is 2.79. The molecule has 2 aromatic heterocycles. The normalized spacial score (nSPS) is 11.2. The number of carbonyl (C=O) groups is 3. The number of carbonyl (C=O) groups excluding carboxylic acids is 3. The van der Waals surface area contributed by atoms with Crippen molar-refractivity contribution >= 4 is 51.1 Å². The van der Waals surface area contributed by atoms with Gasteiger partial charge in [-0.3, -0.25) is 19.7 Å². The monoisotopic (exact) mass is 521 g/mol. The fraction of sp³-hybridized carbons (Fsp3) is 0.160. The van der Waals surface area contributed by atoms with Gasteiger partial charge in [0.15, 0.2) is 0 Å². The summed E-state index contributed by atoms with van der Waals surface area (Å²) in [5.74, 6) is -2.47. The lowest BCUT2D eigenvalue weighted by Gasteiger charge is -2.22. The Morgan fingerprint density at radius 1 is 0.868 bits per heavy atom. The second kappa shape index (κ2) is 9.61. The van der Waals surface area contributed by atoms with Crippen LogP contribution in [-0.4, -0.2) is 35.4 Å². The van der Waals surface area contributed by atoms with Crippen LogP contribution in [0, 0.1) is 10.1 Å². The van der Waals surface area contributed by atoms with Gasteiger partial charge in [-0.1, -0.05) is 0 Å². The number of nitrogens with zero attached hydrogens (tertiary/aromatic N) is 1. The van der Waals surface area contributed by atoms with Crippen LogP contribution in [0.3, 0.4) is 0 Å². The van der Waals surface area contributed by atoms with E-state index in [0.717, 1.165) is 7.11 Å². The van der Waals surface area contributed by atoms with Gasteiger partial charge in [0, 0.05) is 28.6 Å². The van der Waals surface area contributed by atoms with E-state index in [2.05, 4.69) is 15.4 Å². The van der Waals surface area contributed by atoms with Crippen LogP contribution >= 0.6 is 0 Å². The number of non-ortho nitro benzene ring substituents is 1. The third kappa shape index (κ3) is 4.97. The quantitative estimate of drug-likeness (QED) is 0.165. The zero-order valence-corrected chi connectivity index (χ0v) is 20.1. The van der Waals surface area contributed by atoms with Gasteiger partial charge < -0.3 is 24.2 Å². The first-order chi connectivity index (χ1) is 17.9. The van der Waals surface area contributed by atoms with Gasteiger partial charge >= 0.3 is 17.2 Å². The van der Waals surface area contributed by atoms with Crippen molar-refractivity contribution in [3.63, 3.8) is 0 Å². The van der Waals surface area contributed by atoms with Crippen LogP contribution in [0.1, 0.15) is 34.6 Å². The number of hydrogen-bond donors (Lipinski definition) is 2. The molecule has 0 aliphatic carbocycles. The maximum absolute atomic E-state index is 12.8. The Balaban J connectivity index is 1.64. The number of rotatable bonds is 6. The first-order valence-corrected chi connectivity index (χ1v) is 10.9. The highest BCUT2D eigenvalue weighted by Gasteiger charge is 2.32. The molecule has 2 amide bonds.